The second-order valence-electron chi connectivity index (χ2n) is 11.5. The molecule has 0 saturated heterocycles. The SMILES string of the molecule is Fc1ccccc1C1=NCC(=S)N(CC(F)(F)F)c2ccc(Cl)cc21.O=C1CN=C(c2ccccc2)c2cc(Cl)ccc2N1CC1CC1. The maximum absolute atomic E-state index is 14.2. The number of fused-ring (bicyclic) bond motifs is 2. The van der Waals surface area contributed by atoms with Crippen molar-refractivity contribution in [3.8, 4) is 0 Å². The molecule has 7 rings (SSSR count). The fraction of sp³-hybridized carbons (Fsp3) is 0.222. The molecule has 0 spiro atoms. The summed E-state index contributed by atoms with van der Waals surface area (Å²) in [6.07, 6.45) is -2.04. The van der Waals surface area contributed by atoms with Crippen LogP contribution in [0.2, 0.25) is 10.0 Å². The maximum atomic E-state index is 14.2. The number of thiocarbonyl (C=S) groups is 1. The number of benzene rings is 4. The highest BCUT2D eigenvalue weighted by Crippen LogP contribution is 2.36. The number of carbonyl (C=O) groups is 1. The van der Waals surface area contributed by atoms with Crippen molar-refractivity contribution in [3.05, 3.63) is 129 Å². The Morgan fingerprint density at radius 2 is 1.33 bits per heavy atom. The summed E-state index contributed by atoms with van der Waals surface area (Å²) in [7, 11) is 0. The zero-order valence-corrected chi connectivity index (χ0v) is 27.7. The van der Waals surface area contributed by atoms with Crippen molar-refractivity contribution in [2.45, 2.75) is 19.0 Å². The molecule has 0 atom stereocenters. The number of alkyl halides is 3. The number of nitrogens with zero attached hydrogens (tertiary/aromatic N) is 4. The van der Waals surface area contributed by atoms with Crippen LogP contribution in [0.1, 0.15) is 35.1 Å². The summed E-state index contributed by atoms with van der Waals surface area (Å²) in [4.78, 5) is 24.3. The number of amides is 1. The highest BCUT2D eigenvalue weighted by molar-refractivity contribution is 7.80. The van der Waals surface area contributed by atoms with E-state index in [4.69, 9.17) is 35.4 Å². The molecular weight excluding hydrogens is 683 g/mol. The minimum atomic E-state index is -4.45. The molecule has 3 aliphatic rings. The van der Waals surface area contributed by atoms with Crippen LogP contribution in [0, 0.1) is 11.7 Å². The lowest BCUT2D eigenvalue weighted by atomic mass is 9.99. The molecule has 0 N–H and O–H groups in total. The van der Waals surface area contributed by atoms with Crippen LogP contribution in [-0.2, 0) is 4.79 Å². The minimum absolute atomic E-state index is 0.00670. The van der Waals surface area contributed by atoms with E-state index in [1.807, 2.05) is 53.4 Å². The van der Waals surface area contributed by atoms with Crippen LogP contribution < -0.4 is 9.80 Å². The van der Waals surface area contributed by atoms with Crippen molar-refractivity contribution >= 4 is 69.1 Å². The second kappa shape index (κ2) is 14.2. The third-order valence-corrected chi connectivity index (χ3v) is 8.83. The Kier molecular flexibility index (Phi) is 9.96. The highest BCUT2D eigenvalue weighted by Gasteiger charge is 2.35. The number of benzodiazepines with no additional fused rings is 2. The monoisotopic (exact) mass is 710 g/mol. The first-order chi connectivity index (χ1) is 23.0. The molecule has 4 aromatic carbocycles. The molecular formula is C36H28Cl2F4N4OS. The molecule has 5 nitrogen and oxygen atoms in total. The number of anilines is 2. The normalized spacial score (nSPS) is 16.1. The Labute approximate surface area is 290 Å². The van der Waals surface area contributed by atoms with E-state index >= 15 is 0 Å². The molecule has 1 saturated carbocycles. The van der Waals surface area contributed by atoms with E-state index < -0.39 is 18.5 Å². The Hall–Kier alpha value is -4.12. The molecule has 12 heteroatoms. The first-order valence-corrected chi connectivity index (χ1v) is 16.3. The van der Waals surface area contributed by atoms with Gasteiger partial charge >= 0.3 is 6.18 Å². The van der Waals surface area contributed by atoms with Crippen LogP contribution >= 0.6 is 35.4 Å². The predicted octanol–water partition coefficient (Wildman–Crippen LogP) is 8.96. The average Bonchev–Trinajstić information content (AvgIpc) is 3.90. The summed E-state index contributed by atoms with van der Waals surface area (Å²) in [5.41, 5.74) is 4.63. The summed E-state index contributed by atoms with van der Waals surface area (Å²) in [6.45, 7) is -0.434. The fourth-order valence-electron chi connectivity index (χ4n) is 5.61. The van der Waals surface area contributed by atoms with Crippen molar-refractivity contribution in [1.29, 1.82) is 0 Å². The van der Waals surface area contributed by atoms with Gasteiger partial charge in [0.2, 0.25) is 5.91 Å². The van der Waals surface area contributed by atoms with Crippen LogP contribution in [0.5, 0.6) is 0 Å². The van der Waals surface area contributed by atoms with E-state index in [-0.39, 0.29) is 40.9 Å². The van der Waals surface area contributed by atoms with Crippen LogP contribution in [0.25, 0.3) is 0 Å². The summed E-state index contributed by atoms with van der Waals surface area (Å²) in [5, 5.41) is 0.968. The van der Waals surface area contributed by atoms with E-state index in [9.17, 15) is 22.4 Å². The number of hydrogen-bond donors (Lipinski definition) is 0. The van der Waals surface area contributed by atoms with Crippen LogP contribution in [0.4, 0.5) is 28.9 Å². The number of rotatable bonds is 5. The van der Waals surface area contributed by atoms with Gasteiger partial charge in [-0.3, -0.25) is 14.8 Å². The topological polar surface area (TPSA) is 48.3 Å². The van der Waals surface area contributed by atoms with Crippen molar-refractivity contribution in [2.24, 2.45) is 15.9 Å². The molecule has 2 aliphatic heterocycles. The van der Waals surface area contributed by atoms with E-state index in [1.54, 1.807) is 6.07 Å². The summed E-state index contributed by atoms with van der Waals surface area (Å²) < 4.78 is 53.2. The van der Waals surface area contributed by atoms with E-state index in [0.717, 1.165) is 34.0 Å². The predicted molar refractivity (Wildman–Crippen MR) is 188 cm³/mol. The molecule has 1 fully saturated rings. The van der Waals surface area contributed by atoms with Crippen molar-refractivity contribution in [2.75, 3.05) is 36.0 Å². The fourth-order valence-corrected chi connectivity index (χ4v) is 6.18. The molecule has 1 aliphatic carbocycles. The Morgan fingerprint density at radius 3 is 1.96 bits per heavy atom. The largest absolute Gasteiger partial charge is 0.406 e. The summed E-state index contributed by atoms with van der Waals surface area (Å²) in [6, 6.07) is 26.0. The van der Waals surface area contributed by atoms with Crippen molar-refractivity contribution in [3.63, 3.8) is 0 Å². The standard InChI is InChI=1S/C19H17ClN2O.C17H11ClF4N2S/c20-15-8-9-17-16(10-15)19(14-4-2-1-3-5-14)21-11-18(23)22(17)12-13-6-7-13;18-10-5-6-14-12(7-10)16(11-3-1-2-4-13(11)19)23-8-15(25)24(14)9-17(20,21)22/h1-5,8-10,13H,6-7,11-12H2;1-7H,8-9H2. The number of halogens is 6. The molecule has 0 aromatic heterocycles. The van der Waals surface area contributed by atoms with Gasteiger partial charge in [-0.25, -0.2) is 4.39 Å². The zero-order valence-electron chi connectivity index (χ0n) is 25.4. The maximum Gasteiger partial charge on any atom is 0.406 e. The first-order valence-electron chi connectivity index (χ1n) is 15.1. The molecule has 4 aromatic rings. The zero-order chi connectivity index (χ0) is 34.0. The number of aliphatic imine (C=N–C) groups is 2. The lowest BCUT2D eigenvalue weighted by Crippen LogP contribution is -2.39. The summed E-state index contributed by atoms with van der Waals surface area (Å²) in [5.74, 6) is 0.162. The smallest absolute Gasteiger partial charge is 0.325 e. The lowest BCUT2D eigenvalue weighted by Gasteiger charge is -2.26. The molecule has 0 bridgehead atoms. The van der Waals surface area contributed by atoms with Gasteiger partial charge in [0.1, 0.15) is 23.9 Å². The number of carbonyl (C=O) groups excluding carboxylic acids is 1. The van der Waals surface area contributed by atoms with Crippen LogP contribution in [0.3, 0.4) is 0 Å². The van der Waals surface area contributed by atoms with Gasteiger partial charge in [0.15, 0.2) is 0 Å². The Balaban J connectivity index is 0.000000168. The second-order valence-corrected chi connectivity index (χ2v) is 12.9. The quantitative estimate of drug-likeness (QED) is 0.154. The van der Waals surface area contributed by atoms with Gasteiger partial charge < -0.3 is 9.80 Å². The lowest BCUT2D eigenvalue weighted by molar-refractivity contribution is -0.118. The van der Waals surface area contributed by atoms with Gasteiger partial charge in [-0.2, -0.15) is 13.2 Å². The third kappa shape index (κ3) is 7.77. The van der Waals surface area contributed by atoms with Gasteiger partial charge in [-0.05, 0) is 67.3 Å². The molecule has 48 heavy (non-hydrogen) atoms. The van der Waals surface area contributed by atoms with Crippen LogP contribution in [-0.4, -0.2) is 54.7 Å². The highest BCUT2D eigenvalue weighted by atomic mass is 35.5. The number of hydrogen-bond acceptors (Lipinski definition) is 4. The van der Waals surface area contributed by atoms with E-state index in [1.165, 1.54) is 49.2 Å². The van der Waals surface area contributed by atoms with Gasteiger partial charge in [0, 0.05) is 38.8 Å². The molecule has 0 radical (unpaired) electrons. The Morgan fingerprint density at radius 1 is 0.750 bits per heavy atom. The van der Waals surface area contributed by atoms with Gasteiger partial charge in [-0.1, -0.05) is 77.9 Å². The first kappa shape index (κ1) is 33.8. The molecule has 2 heterocycles. The average molecular weight is 712 g/mol. The molecule has 1 amide bonds. The van der Waals surface area contributed by atoms with E-state index in [2.05, 4.69) is 9.98 Å². The van der Waals surface area contributed by atoms with Crippen molar-refractivity contribution in [1.82, 2.24) is 0 Å². The van der Waals surface area contributed by atoms with Gasteiger partial charge in [0.25, 0.3) is 0 Å². The molecule has 0 unspecified atom stereocenters. The van der Waals surface area contributed by atoms with Gasteiger partial charge in [-0.15, -0.1) is 0 Å². The van der Waals surface area contributed by atoms with Crippen molar-refractivity contribution < 1.29 is 22.4 Å². The molecule has 246 valence electrons. The van der Waals surface area contributed by atoms with E-state index in [0.29, 0.717) is 21.5 Å². The van der Waals surface area contributed by atoms with Crippen LogP contribution in [0.15, 0.2) is 101 Å². The minimum Gasteiger partial charge on any atom is -0.325 e. The summed E-state index contributed by atoms with van der Waals surface area (Å²) >= 11 is 17.4. The third-order valence-electron chi connectivity index (χ3n) is 8.01. The Bertz CT molecular complexity index is 1930. The van der Waals surface area contributed by atoms with Gasteiger partial charge in [0.05, 0.1) is 29.3 Å².